The number of aromatic amines is 1. The van der Waals surface area contributed by atoms with E-state index in [2.05, 4.69) is 52.5 Å². The highest BCUT2D eigenvalue weighted by Gasteiger charge is 2.36. The summed E-state index contributed by atoms with van der Waals surface area (Å²) in [6.07, 6.45) is 0. The number of aromatic nitrogens is 1. The molecule has 25 heavy (non-hydrogen) atoms. The van der Waals surface area contributed by atoms with Gasteiger partial charge in [0.15, 0.2) is 0 Å². The van der Waals surface area contributed by atoms with Crippen molar-refractivity contribution in [2.75, 3.05) is 19.6 Å². The molecule has 1 aliphatic carbocycles. The molecule has 0 radical (unpaired) electrons. The molecular formula is C21H21N3O. The van der Waals surface area contributed by atoms with Gasteiger partial charge in [0.1, 0.15) is 0 Å². The van der Waals surface area contributed by atoms with Crippen molar-refractivity contribution >= 4 is 10.8 Å². The van der Waals surface area contributed by atoms with E-state index in [1.807, 2.05) is 18.2 Å². The Morgan fingerprint density at radius 1 is 1.04 bits per heavy atom. The zero-order valence-corrected chi connectivity index (χ0v) is 14.3. The number of rotatable bonds is 1. The molecule has 126 valence electrons. The molecule has 0 spiro atoms. The van der Waals surface area contributed by atoms with Gasteiger partial charge in [0, 0.05) is 42.2 Å². The van der Waals surface area contributed by atoms with Crippen LogP contribution in [0, 0.1) is 0 Å². The van der Waals surface area contributed by atoms with E-state index in [4.69, 9.17) is 0 Å². The SMILES string of the molecule is CC1CN(C2c3ccccc3-c3[nH]c(=O)c4ccccc4c32)CCN1. The summed E-state index contributed by atoms with van der Waals surface area (Å²) >= 11 is 0. The quantitative estimate of drug-likeness (QED) is 0.721. The maximum Gasteiger partial charge on any atom is 0.256 e. The van der Waals surface area contributed by atoms with Gasteiger partial charge in [0.25, 0.3) is 5.56 Å². The van der Waals surface area contributed by atoms with Crippen LogP contribution in [-0.2, 0) is 0 Å². The molecule has 0 bridgehead atoms. The lowest BCUT2D eigenvalue weighted by atomic mass is 9.98. The topological polar surface area (TPSA) is 48.1 Å². The van der Waals surface area contributed by atoms with Gasteiger partial charge in [-0.2, -0.15) is 0 Å². The smallest absolute Gasteiger partial charge is 0.256 e. The Labute approximate surface area is 146 Å². The molecule has 2 heterocycles. The fourth-order valence-electron chi connectivity index (χ4n) is 4.49. The van der Waals surface area contributed by atoms with Gasteiger partial charge >= 0.3 is 0 Å². The Morgan fingerprint density at radius 2 is 1.80 bits per heavy atom. The molecule has 1 fully saturated rings. The van der Waals surface area contributed by atoms with Crippen LogP contribution in [0.25, 0.3) is 22.0 Å². The van der Waals surface area contributed by atoms with Gasteiger partial charge in [-0.05, 0) is 23.9 Å². The first-order valence-electron chi connectivity index (χ1n) is 8.95. The van der Waals surface area contributed by atoms with Crippen molar-refractivity contribution in [2.24, 2.45) is 0 Å². The first-order chi connectivity index (χ1) is 12.2. The molecule has 0 amide bonds. The van der Waals surface area contributed by atoms with E-state index >= 15 is 0 Å². The number of H-pyrrole nitrogens is 1. The summed E-state index contributed by atoms with van der Waals surface area (Å²) in [5.74, 6) is 0. The molecule has 3 aromatic rings. The third-order valence-corrected chi connectivity index (χ3v) is 5.53. The number of hydrogen-bond acceptors (Lipinski definition) is 3. The lowest BCUT2D eigenvalue weighted by molar-refractivity contribution is 0.173. The molecular weight excluding hydrogens is 310 g/mol. The van der Waals surface area contributed by atoms with E-state index in [9.17, 15) is 4.79 Å². The van der Waals surface area contributed by atoms with Crippen LogP contribution in [0.4, 0.5) is 0 Å². The predicted octanol–water partition coefficient (Wildman–Crippen LogP) is 2.89. The van der Waals surface area contributed by atoms with E-state index in [0.29, 0.717) is 6.04 Å². The van der Waals surface area contributed by atoms with Crippen LogP contribution in [0.15, 0.2) is 53.3 Å². The van der Waals surface area contributed by atoms with Crippen molar-refractivity contribution in [1.29, 1.82) is 0 Å². The fourth-order valence-corrected chi connectivity index (χ4v) is 4.49. The summed E-state index contributed by atoms with van der Waals surface area (Å²) in [6.45, 7) is 5.25. The maximum absolute atomic E-state index is 12.6. The minimum absolute atomic E-state index is 0.00141. The number of piperazine rings is 1. The molecule has 4 heteroatoms. The van der Waals surface area contributed by atoms with Crippen molar-refractivity contribution in [3.63, 3.8) is 0 Å². The summed E-state index contributed by atoms with van der Waals surface area (Å²) < 4.78 is 0. The average molecular weight is 331 g/mol. The predicted molar refractivity (Wildman–Crippen MR) is 101 cm³/mol. The maximum atomic E-state index is 12.6. The molecule has 2 atom stereocenters. The Hall–Kier alpha value is -2.43. The van der Waals surface area contributed by atoms with Crippen molar-refractivity contribution in [1.82, 2.24) is 15.2 Å². The van der Waals surface area contributed by atoms with Gasteiger partial charge in [0.2, 0.25) is 0 Å². The Kier molecular flexibility index (Phi) is 3.30. The fraction of sp³-hybridized carbons (Fsp3) is 0.286. The van der Waals surface area contributed by atoms with Gasteiger partial charge in [-0.3, -0.25) is 9.69 Å². The minimum Gasteiger partial charge on any atom is -0.321 e. The monoisotopic (exact) mass is 331 g/mol. The lowest BCUT2D eigenvalue weighted by Gasteiger charge is -2.37. The van der Waals surface area contributed by atoms with Crippen molar-refractivity contribution in [3.05, 3.63) is 70.0 Å². The van der Waals surface area contributed by atoms with E-state index in [1.54, 1.807) is 0 Å². The Balaban J connectivity index is 1.81. The second-order valence-corrected chi connectivity index (χ2v) is 7.13. The number of pyridine rings is 1. The molecule has 1 aromatic heterocycles. The van der Waals surface area contributed by atoms with Crippen LogP contribution in [0.5, 0.6) is 0 Å². The second kappa shape index (κ2) is 5.55. The Bertz CT molecular complexity index is 1020. The van der Waals surface area contributed by atoms with Crippen molar-refractivity contribution in [2.45, 2.75) is 19.0 Å². The molecule has 2 unspecified atom stereocenters. The summed E-state index contributed by atoms with van der Waals surface area (Å²) in [7, 11) is 0. The summed E-state index contributed by atoms with van der Waals surface area (Å²) in [5.41, 5.74) is 4.72. The van der Waals surface area contributed by atoms with Crippen LogP contribution in [0.2, 0.25) is 0 Å². The third-order valence-electron chi connectivity index (χ3n) is 5.53. The normalized spacial score (nSPS) is 22.8. The largest absolute Gasteiger partial charge is 0.321 e. The van der Waals surface area contributed by atoms with Gasteiger partial charge < -0.3 is 10.3 Å². The van der Waals surface area contributed by atoms with Crippen molar-refractivity contribution in [3.8, 4) is 11.3 Å². The standard InChI is InChI=1S/C21H21N3O/c1-13-12-24(11-10-22-13)20-16-8-4-3-7-15(16)19-18(20)14-6-2-5-9-17(14)21(25)23-19/h2-9,13,20,22H,10-12H2,1H3,(H,23,25). The molecule has 2 N–H and O–H groups in total. The van der Waals surface area contributed by atoms with Crippen molar-refractivity contribution < 1.29 is 0 Å². The lowest BCUT2D eigenvalue weighted by Crippen LogP contribution is -2.50. The highest BCUT2D eigenvalue weighted by atomic mass is 16.1. The number of hydrogen-bond donors (Lipinski definition) is 2. The zero-order chi connectivity index (χ0) is 17.0. The molecule has 0 saturated carbocycles. The highest BCUT2D eigenvalue weighted by molar-refractivity contribution is 5.93. The molecule has 2 aliphatic rings. The van der Waals surface area contributed by atoms with E-state index < -0.39 is 0 Å². The van der Waals surface area contributed by atoms with Crippen LogP contribution < -0.4 is 10.9 Å². The third kappa shape index (κ3) is 2.18. The van der Waals surface area contributed by atoms with Crippen LogP contribution in [-0.4, -0.2) is 35.6 Å². The van der Waals surface area contributed by atoms with Gasteiger partial charge in [-0.25, -0.2) is 0 Å². The van der Waals surface area contributed by atoms with E-state index in [1.165, 1.54) is 11.1 Å². The van der Waals surface area contributed by atoms with Gasteiger partial charge in [-0.15, -0.1) is 0 Å². The molecule has 5 rings (SSSR count). The number of nitrogens with one attached hydrogen (secondary N) is 2. The first kappa shape index (κ1) is 14.9. The van der Waals surface area contributed by atoms with Crippen LogP contribution in [0.1, 0.15) is 24.1 Å². The van der Waals surface area contributed by atoms with Crippen LogP contribution in [0.3, 0.4) is 0 Å². The minimum atomic E-state index is -0.00141. The summed E-state index contributed by atoms with van der Waals surface area (Å²) in [5, 5.41) is 5.39. The second-order valence-electron chi connectivity index (χ2n) is 7.13. The number of fused-ring (bicyclic) bond motifs is 5. The molecule has 1 aliphatic heterocycles. The summed E-state index contributed by atoms with van der Waals surface area (Å²) in [4.78, 5) is 18.3. The zero-order valence-electron chi connectivity index (χ0n) is 14.3. The van der Waals surface area contributed by atoms with Crippen LogP contribution >= 0.6 is 0 Å². The van der Waals surface area contributed by atoms with E-state index in [-0.39, 0.29) is 11.6 Å². The molecule has 1 saturated heterocycles. The first-order valence-corrected chi connectivity index (χ1v) is 8.95. The molecule has 2 aromatic carbocycles. The number of nitrogens with zero attached hydrogens (tertiary/aromatic N) is 1. The average Bonchev–Trinajstić information content (AvgIpc) is 2.97. The van der Waals surface area contributed by atoms with Gasteiger partial charge in [0.05, 0.1) is 11.7 Å². The Morgan fingerprint density at radius 3 is 2.64 bits per heavy atom. The molecule has 4 nitrogen and oxygen atoms in total. The number of benzene rings is 2. The highest BCUT2D eigenvalue weighted by Crippen LogP contribution is 2.47. The van der Waals surface area contributed by atoms with E-state index in [0.717, 1.165) is 41.7 Å². The van der Waals surface area contributed by atoms with Gasteiger partial charge in [-0.1, -0.05) is 42.5 Å². The summed E-state index contributed by atoms with van der Waals surface area (Å²) in [6, 6.07) is 17.2.